The van der Waals surface area contributed by atoms with Crippen LogP contribution in [0.15, 0.2) is 34.8 Å². The Hall–Kier alpha value is -0.970. The Kier molecular flexibility index (Phi) is 4.02. The lowest BCUT2D eigenvalue weighted by Crippen LogP contribution is -2.07. The quantitative estimate of drug-likeness (QED) is 0.812. The first-order chi connectivity index (χ1) is 7.30. The number of hydrogen-bond acceptors (Lipinski definition) is 1. The van der Waals surface area contributed by atoms with Crippen molar-refractivity contribution in [2.75, 3.05) is 11.9 Å². The summed E-state index contributed by atoms with van der Waals surface area (Å²) < 4.78 is 37.5. The second-order valence-electron chi connectivity index (χ2n) is 3.50. The predicted octanol–water partition coefficient (Wildman–Crippen LogP) is 4.46. The molecule has 0 spiro atoms. The van der Waals surface area contributed by atoms with Crippen molar-refractivity contribution >= 4 is 21.6 Å². The normalized spacial score (nSPS) is 11.3. The molecule has 0 amide bonds. The second kappa shape index (κ2) is 4.91. The van der Waals surface area contributed by atoms with E-state index < -0.39 is 11.7 Å². The molecular weight excluding hydrogens is 283 g/mol. The van der Waals surface area contributed by atoms with Crippen LogP contribution in [-0.4, -0.2) is 6.54 Å². The maximum Gasteiger partial charge on any atom is 0.416 e. The van der Waals surface area contributed by atoms with Crippen molar-refractivity contribution in [3.63, 3.8) is 0 Å². The van der Waals surface area contributed by atoms with Crippen LogP contribution >= 0.6 is 15.9 Å². The molecule has 1 N–H and O–H groups in total. The largest absolute Gasteiger partial charge is 0.416 e. The smallest absolute Gasteiger partial charge is 0.380 e. The van der Waals surface area contributed by atoms with Gasteiger partial charge in [0.15, 0.2) is 0 Å². The Morgan fingerprint density at radius 3 is 2.50 bits per heavy atom. The van der Waals surface area contributed by atoms with Gasteiger partial charge in [0, 0.05) is 16.7 Å². The van der Waals surface area contributed by atoms with Crippen molar-refractivity contribution in [2.45, 2.75) is 13.1 Å². The van der Waals surface area contributed by atoms with Crippen LogP contribution in [0.1, 0.15) is 12.5 Å². The predicted molar refractivity (Wildman–Crippen MR) is 62.4 cm³/mol. The number of benzene rings is 1. The summed E-state index contributed by atoms with van der Waals surface area (Å²) in [4.78, 5) is 0. The van der Waals surface area contributed by atoms with Crippen molar-refractivity contribution < 1.29 is 13.2 Å². The third-order valence-corrected chi connectivity index (χ3v) is 2.53. The van der Waals surface area contributed by atoms with Crippen LogP contribution in [0.5, 0.6) is 0 Å². The number of rotatable bonds is 3. The van der Waals surface area contributed by atoms with Gasteiger partial charge in [0.1, 0.15) is 0 Å². The molecule has 0 bridgehead atoms. The molecule has 16 heavy (non-hydrogen) atoms. The molecule has 1 rings (SSSR count). The minimum atomic E-state index is -4.31. The number of nitrogens with one attached hydrogen (secondary N) is 1. The van der Waals surface area contributed by atoms with Gasteiger partial charge < -0.3 is 5.32 Å². The average molecular weight is 294 g/mol. The molecule has 5 heteroatoms. The standard InChI is InChI=1S/C11H11BrF3N/c1-7(2)6-16-10-4-3-8(5-9(10)12)11(13,14)15/h3-5,16H,1,6H2,2H3. The molecule has 0 saturated carbocycles. The number of anilines is 1. The van der Waals surface area contributed by atoms with E-state index in [2.05, 4.69) is 27.8 Å². The Bertz CT molecular complexity index is 399. The van der Waals surface area contributed by atoms with Gasteiger partial charge in [0.25, 0.3) is 0 Å². The monoisotopic (exact) mass is 293 g/mol. The van der Waals surface area contributed by atoms with E-state index >= 15 is 0 Å². The molecule has 0 radical (unpaired) electrons. The summed E-state index contributed by atoms with van der Waals surface area (Å²) in [7, 11) is 0. The van der Waals surface area contributed by atoms with Crippen LogP contribution in [0.25, 0.3) is 0 Å². The van der Waals surface area contributed by atoms with Gasteiger partial charge in [-0.3, -0.25) is 0 Å². The summed E-state index contributed by atoms with van der Waals surface area (Å²) in [5.41, 5.74) is 0.864. The van der Waals surface area contributed by atoms with E-state index in [0.29, 0.717) is 16.7 Å². The highest BCUT2D eigenvalue weighted by atomic mass is 79.9. The maximum atomic E-state index is 12.4. The van der Waals surface area contributed by atoms with Crippen molar-refractivity contribution in [1.29, 1.82) is 0 Å². The highest BCUT2D eigenvalue weighted by Crippen LogP contribution is 2.33. The Labute approximate surface area is 100 Å². The first kappa shape index (κ1) is 13.1. The summed E-state index contributed by atoms with van der Waals surface area (Å²) in [5.74, 6) is 0. The van der Waals surface area contributed by atoms with Crippen LogP contribution in [0.2, 0.25) is 0 Å². The van der Waals surface area contributed by atoms with E-state index in [-0.39, 0.29) is 0 Å². The highest BCUT2D eigenvalue weighted by molar-refractivity contribution is 9.10. The van der Waals surface area contributed by atoms with Crippen LogP contribution in [0.4, 0.5) is 18.9 Å². The molecule has 0 heterocycles. The topological polar surface area (TPSA) is 12.0 Å². The summed E-state index contributed by atoms with van der Waals surface area (Å²) in [6.45, 7) is 6.07. The molecular formula is C11H11BrF3N. The molecule has 0 fully saturated rings. The molecule has 0 aliphatic carbocycles. The van der Waals surface area contributed by atoms with Crippen LogP contribution < -0.4 is 5.32 Å². The van der Waals surface area contributed by atoms with Gasteiger partial charge in [-0.25, -0.2) is 0 Å². The molecule has 0 atom stereocenters. The zero-order valence-electron chi connectivity index (χ0n) is 8.66. The molecule has 0 aliphatic heterocycles. The van der Waals surface area contributed by atoms with Gasteiger partial charge in [-0.1, -0.05) is 12.2 Å². The third-order valence-electron chi connectivity index (χ3n) is 1.88. The fraction of sp³-hybridized carbons (Fsp3) is 0.273. The molecule has 1 aromatic carbocycles. The number of alkyl halides is 3. The molecule has 1 aromatic rings. The molecule has 0 saturated heterocycles. The van der Waals surface area contributed by atoms with Crippen molar-refractivity contribution in [2.24, 2.45) is 0 Å². The van der Waals surface area contributed by atoms with E-state index in [4.69, 9.17) is 0 Å². The van der Waals surface area contributed by atoms with Gasteiger partial charge in [-0.2, -0.15) is 13.2 Å². The molecule has 1 nitrogen and oxygen atoms in total. The van der Waals surface area contributed by atoms with Gasteiger partial charge >= 0.3 is 6.18 Å². The molecule has 0 aromatic heterocycles. The van der Waals surface area contributed by atoms with E-state index in [0.717, 1.165) is 17.7 Å². The van der Waals surface area contributed by atoms with Crippen LogP contribution in [-0.2, 0) is 6.18 Å². The van der Waals surface area contributed by atoms with E-state index in [9.17, 15) is 13.2 Å². The Morgan fingerprint density at radius 2 is 2.06 bits per heavy atom. The Morgan fingerprint density at radius 1 is 1.44 bits per heavy atom. The van der Waals surface area contributed by atoms with E-state index in [1.807, 2.05) is 6.92 Å². The molecule has 88 valence electrons. The average Bonchev–Trinajstić information content (AvgIpc) is 2.14. The van der Waals surface area contributed by atoms with Gasteiger partial charge in [0.05, 0.1) is 5.56 Å². The summed E-state index contributed by atoms with van der Waals surface area (Å²) in [5, 5.41) is 2.98. The highest BCUT2D eigenvalue weighted by Gasteiger charge is 2.30. The fourth-order valence-electron chi connectivity index (χ4n) is 1.08. The first-order valence-electron chi connectivity index (χ1n) is 4.55. The zero-order valence-corrected chi connectivity index (χ0v) is 10.2. The SMILES string of the molecule is C=C(C)CNc1ccc(C(F)(F)F)cc1Br. The number of hydrogen-bond donors (Lipinski definition) is 1. The lowest BCUT2D eigenvalue weighted by atomic mass is 10.2. The van der Waals surface area contributed by atoms with E-state index in [1.165, 1.54) is 6.07 Å². The molecule has 0 aliphatic rings. The minimum Gasteiger partial charge on any atom is -0.380 e. The van der Waals surface area contributed by atoms with Gasteiger partial charge in [-0.05, 0) is 41.1 Å². The summed E-state index contributed by atoms with van der Waals surface area (Å²) >= 11 is 3.10. The maximum absolute atomic E-state index is 12.4. The zero-order chi connectivity index (χ0) is 12.3. The van der Waals surface area contributed by atoms with Crippen LogP contribution in [0, 0.1) is 0 Å². The summed E-state index contributed by atoms with van der Waals surface area (Å²) in [6, 6.07) is 3.50. The van der Waals surface area contributed by atoms with E-state index in [1.54, 1.807) is 0 Å². The van der Waals surface area contributed by atoms with Gasteiger partial charge in [0.2, 0.25) is 0 Å². The second-order valence-corrected chi connectivity index (χ2v) is 4.36. The minimum absolute atomic E-state index is 0.392. The molecule has 0 unspecified atom stereocenters. The van der Waals surface area contributed by atoms with Crippen molar-refractivity contribution in [3.8, 4) is 0 Å². The van der Waals surface area contributed by atoms with Crippen molar-refractivity contribution in [3.05, 3.63) is 40.4 Å². The fourth-order valence-corrected chi connectivity index (χ4v) is 1.60. The Balaban J connectivity index is 2.88. The first-order valence-corrected chi connectivity index (χ1v) is 5.35. The van der Waals surface area contributed by atoms with Crippen LogP contribution in [0.3, 0.4) is 0 Å². The number of halogens is 4. The third kappa shape index (κ3) is 3.56. The summed E-state index contributed by atoms with van der Waals surface area (Å²) in [6.07, 6.45) is -4.31. The van der Waals surface area contributed by atoms with Gasteiger partial charge in [-0.15, -0.1) is 0 Å². The van der Waals surface area contributed by atoms with Crippen molar-refractivity contribution in [1.82, 2.24) is 0 Å². The lowest BCUT2D eigenvalue weighted by molar-refractivity contribution is -0.137. The lowest BCUT2D eigenvalue weighted by Gasteiger charge is -2.11.